The van der Waals surface area contributed by atoms with Gasteiger partial charge in [-0.3, -0.25) is 24.1 Å². The molecule has 20 heteroatoms. The normalized spacial score (nSPS) is 23.1. The van der Waals surface area contributed by atoms with E-state index in [1.54, 1.807) is 6.92 Å². The maximum Gasteiger partial charge on any atom is 0.409 e. The van der Waals surface area contributed by atoms with Crippen LogP contribution in [0.2, 0.25) is 0 Å². The van der Waals surface area contributed by atoms with E-state index in [1.165, 1.54) is 49.2 Å². The second kappa shape index (κ2) is 17.6. The highest BCUT2D eigenvalue weighted by Gasteiger charge is 2.48. The highest BCUT2D eigenvalue weighted by atomic mass is 16.7. The molecule has 0 bridgehead atoms. The van der Waals surface area contributed by atoms with Crippen LogP contribution in [-0.2, 0) is 44.8 Å². The van der Waals surface area contributed by atoms with Crippen molar-refractivity contribution < 1.29 is 72.9 Å². The van der Waals surface area contributed by atoms with E-state index in [-0.39, 0.29) is 50.5 Å². The zero-order chi connectivity index (χ0) is 37.3. The molecule has 1 aromatic rings. The summed E-state index contributed by atoms with van der Waals surface area (Å²) in [6.07, 6.45) is -11.3. The Labute approximate surface area is 285 Å². The van der Waals surface area contributed by atoms with E-state index in [4.69, 9.17) is 14.2 Å². The third-order valence-electron chi connectivity index (χ3n) is 7.75. The van der Waals surface area contributed by atoms with Crippen LogP contribution in [0.3, 0.4) is 0 Å². The summed E-state index contributed by atoms with van der Waals surface area (Å²) in [6.45, 7) is 0.829. The Hall–Kier alpha value is -5.05. The Balaban J connectivity index is 1.69. The topological polar surface area (TPSA) is 271 Å². The second-order valence-electron chi connectivity index (χ2n) is 11.6. The van der Waals surface area contributed by atoms with Crippen molar-refractivity contribution in [3.63, 3.8) is 0 Å². The summed E-state index contributed by atoms with van der Waals surface area (Å²) in [5.74, 6) is -4.64. The van der Waals surface area contributed by atoms with Crippen LogP contribution in [0.1, 0.15) is 25.3 Å². The van der Waals surface area contributed by atoms with E-state index in [0.29, 0.717) is 5.56 Å². The molecule has 0 spiro atoms. The molecule has 1 unspecified atom stereocenters. The first-order chi connectivity index (χ1) is 23.5. The number of anilines is 1. The van der Waals surface area contributed by atoms with Gasteiger partial charge in [0.05, 0.1) is 12.8 Å². The first-order valence-electron chi connectivity index (χ1n) is 15.3. The fourth-order valence-electron chi connectivity index (χ4n) is 4.78. The van der Waals surface area contributed by atoms with E-state index >= 15 is 0 Å². The van der Waals surface area contributed by atoms with Crippen LogP contribution in [0, 0.1) is 5.92 Å². The lowest BCUT2D eigenvalue weighted by atomic mass is 9.99. The van der Waals surface area contributed by atoms with E-state index in [2.05, 4.69) is 15.4 Å². The zero-order valence-electron chi connectivity index (χ0n) is 27.8. The molecule has 6 atom stereocenters. The number of benzene rings is 1. The van der Waals surface area contributed by atoms with Crippen molar-refractivity contribution in [2.24, 2.45) is 5.92 Å². The van der Waals surface area contributed by atoms with Gasteiger partial charge in [-0.1, -0.05) is 13.0 Å². The van der Waals surface area contributed by atoms with Crippen molar-refractivity contribution in [1.82, 2.24) is 20.0 Å². The SMILES string of the molecule is COC(=O)N(C)CCN(C)C(=O)OCc1ccc(O[C@@H]2O[C@H](C(=O)O)[C@@H](O)[C@H](O)[C@H]2O)c(NC(=O)CCNC(=O)CN2C(=O)CC(C)C2=O)c1. The molecule has 2 saturated heterocycles. The molecular weight excluding hydrogens is 670 g/mol. The lowest BCUT2D eigenvalue weighted by Gasteiger charge is -2.38. The predicted molar refractivity (Wildman–Crippen MR) is 166 cm³/mol. The average Bonchev–Trinajstić information content (AvgIpc) is 3.31. The van der Waals surface area contributed by atoms with Crippen LogP contribution in [0.4, 0.5) is 15.3 Å². The standard InChI is InChI=1S/C30H41N5O15/c1-15-11-21(38)35(26(15)42)13-20(37)31-8-7-19(36)32-17-12-16(14-48-30(46)34(3)10-9-33(2)29(45)47-4)5-6-18(17)49-28-24(41)22(39)23(40)25(50-28)27(43)44/h5-6,12,15,22-25,28,39-41H,7-11,13-14H2,1-4H3,(H,31,37)(H,32,36)(H,43,44)/t15?,22-,23-,24+,25-,28+/m0/s1. The van der Waals surface area contributed by atoms with Gasteiger partial charge in [-0.25, -0.2) is 14.4 Å². The first kappa shape index (κ1) is 39.4. The zero-order valence-corrected chi connectivity index (χ0v) is 27.8. The molecule has 2 aliphatic heterocycles. The maximum atomic E-state index is 12.9. The number of hydrogen-bond acceptors (Lipinski definition) is 14. The summed E-state index contributed by atoms with van der Waals surface area (Å²) in [7, 11) is 4.15. The van der Waals surface area contributed by atoms with Gasteiger partial charge in [0.15, 0.2) is 6.10 Å². The Bertz CT molecular complexity index is 1460. The van der Waals surface area contributed by atoms with Gasteiger partial charge in [0.25, 0.3) is 0 Å². The van der Waals surface area contributed by atoms with E-state index in [1.807, 2.05) is 0 Å². The van der Waals surface area contributed by atoms with E-state index in [0.717, 1.165) is 4.90 Å². The number of rotatable bonds is 14. The largest absolute Gasteiger partial charge is 0.479 e. The average molecular weight is 712 g/mol. The quantitative estimate of drug-likeness (QED) is 0.115. The molecular formula is C30H41N5O15. The minimum absolute atomic E-state index is 0.00195. The molecule has 276 valence electrons. The molecule has 50 heavy (non-hydrogen) atoms. The van der Waals surface area contributed by atoms with Gasteiger partial charge in [0.2, 0.25) is 29.9 Å². The number of amides is 6. The van der Waals surface area contributed by atoms with Crippen LogP contribution in [-0.4, -0.2) is 155 Å². The molecule has 6 N–H and O–H groups in total. The van der Waals surface area contributed by atoms with Crippen molar-refractivity contribution in [3.8, 4) is 5.75 Å². The molecule has 0 radical (unpaired) electrons. The number of likely N-dealkylation sites (N-methyl/N-ethyl adjacent to an activating group) is 2. The number of imide groups is 1. The Morgan fingerprint density at radius 1 is 0.980 bits per heavy atom. The van der Waals surface area contributed by atoms with Crippen LogP contribution >= 0.6 is 0 Å². The number of aliphatic hydroxyl groups excluding tert-OH is 3. The number of ether oxygens (including phenoxy) is 4. The molecule has 6 amide bonds. The number of likely N-dealkylation sites (tertiary alicyclic amines) is 1. The van der Waals surface area contributed by atoms with Gasteiger partial charge >= 0.3 is 18.2 Å². The second-order valence-corrected chi connectivity index (χ2v) is 11.6. The van der Waals surface area contributed by atoms with Gasteiger partial charge in [0, 0.05) is 52.5 Å². The molecule has 1 aromatic carbocycles. The number of aliphatic hydroxyl groups is 3. The lowest BCUT2D eigenvalue weighted by Crippen LogP contribution is -2.61. The Morgan fingerprint density at radius 2 is 1.64 bits per heavy atom. The fraction of sp³-hybridized carbons (Fsp3) is 0.567. The minimum atomic E-state index is -1.97. The van der Waals surface area contributed by atoms with Gasteiger partial charge < -0.3 is 59.8 Å². The van der Waals surface area contributed by atoms with Gasteiger partial charge in [-0.2, -0.15) is 0 Å². The minimum Gasteiger partial charge on any atom is -0.479 e. The third-order valence-corrected chi connectivity index (χ3v) is 7.75. The van der Waals surface area contributed by atoms with Crippen LogP contribution in [0.15, 0.2) is 18.2 Å². The Morgan fingerprint density at radius 3 is 2.24 bits per heavy atom. The molecule has 20 nitrogen and oxygen atoms in total. The number of hydrogen-bond donors (Lipinski definition) is 6. The number of carboxylic acids is 1. The summed E-state index contributed by atoms with van der Waals surface area (Å²) in [5.41, 5.74) is 0.251. The summed E-state index contributed by atoms with van der Waals surface area (Å²) >= 11 is 0. The smallest absolute Gasteiger partial charge is 0.409 e. The number of aliphatic carboxylic acids is 1. The highest BCUT2D eigenvalue weighted by Crippen LogP contribution is 2.31. The van der Waals surface area contributed by atoms with Crippen molar-refractivity contribution in [2.45, 2.75) is 57.1 Å². The summed E-state index contributed by atoms with van der Waals surface area (Å²) in [5, 5.41) is 44.9. The molecule has 0 aliphatic carbocycles. The number of methoxy groups -OCH3 is 1. The molecule has 0 aromatic heterocycles. The Kier molecular flexibility index (Phi) is 13.8. The van der Waals surface area contributed by atoms with Gasteiger partial charge in [-0.05, 0) is 17.7 Å². The highest BCUT2D eigenvalue weighted by molar-refractivity contribution is 6.05. The lowest BCUT2D eigenvalue weighted by molar-refractivity contribution is -0.271. The monoisotopic (exact) mass is 711 g/mol. The number of carboxylic acid groups (broad SMARTS) is 1. The maximum absolute atomic E-state index is 12.9. The summed E-state index contributed by atoms with van der Waals surface area (Å²) in [6, 6.07) is 4.04. The van der Waals surface area contributed by atoms with E-state index < -0.39 is 85.0 Å². The van der Waals surface area contributed by atoms with Crippen molar-refractivity contribution in [2.75, 3.05) is 52.7 Å². The fourth-order valence-corrected chi connectivity index (χ4v) is 4.78. The van der Waals surface area contributed by atoms with Crippen molar-refractivity contribution in [1.29, 1.82) is 0 Å². The van der Waals surface area contributed by atoms with Crippen LogP contribution in [0.25, 0.3) is 0 Å². The molecule has 2 aliphatic rings. The number of carbonyl (C=O) groups is 7. The number of carbonyl (C=O) groups excluding carboxylic acids is 6. The summed E-state index contributed by atoms with van der Waals surface area (Å²) in [4.78, 5) is 88.2. The van der Waals surface area contributed by atoms with Crippen LogP contribution < -0.4 is 15.4 Å². The van der Waals surface area contributed by atoms with Gasteiger partial charge in [0.1, 0.15) is 37.2 Å². The van der Waals surface area contributed by atoms with Crippen LogP contribution in [0.5, 0.6) is 5.75 Å². The van der Waals surface area contributed by atoms with Crippen molar-refractivity contribution in [3.05, 3.63) is 23.8 Å². The molecule has 2 fully saturated rings. The molecule has 3 rings (SSSR count). The van der Waals surface area contributed by atoms with Crippen molar-refractivity contribution >= 4 is 47.5 Å². The summed E-state index contributed by atoms with van der Waals surface area (Å²) < 4.78 is 20.7. The number of nitrogens with zero attached hydrogens (tertiary/aromatic N) is 3. The predicted octanol–water partition coefficient (Wildman–Crippen LogP) is -1.94. The number of nitrogens with one attached hydrogen (secondary N) is 2. The van der Waals surface area contributed by atoms with E-state index in [9.17, 15) is 54.0 Å². The third kappa shape index (κ3) is 10.2. The molecule has 2 heterocycles. The van der Waals surface area contributed by atoms with Gasteiger partial charge in [-0.15, -0.1) is 0 Å². The molecule has 0 saturated carbocycles. The first-order valence-corrected chi connectivity index (χ1v) is 15.3.